The number of nitrogens with zero attached hydrogens (tertiary/aromatic N) is 5. The second kappa shape index (κ2) is 7.59. The molecule has 8 heteroatoms. The fourth-order valence-electron chi connectivity index (χ4n) is 2.28. The fraction of sp³-hybridized carbons (Fsp3) is 0.375. The van der Waals surface area contributed by atoms with Gasteiger partial charge in [-0.1, -0.05) is 54.2 Å². The highest BCUT2D eigenvalue weighted by atomic mass is 32.2. The number of hydrogen-bond acceptors (Lipinski definition) is 7. The molecular weight excluding hydrogens is 326 g/mol. The first kappa shape index (κ1) is 16.7. The molecular formula is C16H19N5O2S. The Bertz CT molecular complexity index is 787. The van der Waals surface area contributed by atoms with Crippen molar-refractivity contribution in [3.63, 3.8) is 0 Å². The van der Waals surface area contributed by atoms with Gasteiger partial charge in [0.05, 0.1) is 5.25 Å². The van der Waals surface area contributed by atoms with Crippen LogP contribution < -0.4 is 0 Å². The van der Waals surface area contributed by atoms with Crippen LogP contribution in [0, 0.1) is 0 Å². The van der Waals surface area contributed by atoms with Gasteiger partial charge in [0.25, 0.3) is 0 Å². The van der Waals surface area contributed by atoms with Gasteiger partial charge in [-0.3, -0.25) is 0 Å². The van der Waals surface area contributed by atoms with E-state index in [1.807, 2.05) is 41.8 Å². The first-order valence-corrected chi connectivity index (χ1v) is 8.69. The minimum Gasteiger partial charge on any atom is -0.388 e. The molecule has 0 spiro atoms. The predicted molar refractivity (Wildman–Crippen MR) is 90.2 cm³/mol. The van der Waals surface area contributed by atoms with E-state index in [0.29, 0.717) is 17.5 Å². The van der Waals surface area contributed by atoms with E-state index in [-0.39, 0.29) is 11.9 Å². The third-order valence-corrected chi connectivity index (χ3v) is 4.55. The van der Waals surface area contributed by atoms with Gasteiger partial charge in [-0.05, 0) is 13.3 Å². The van der Waals surface area contributed by atoms with Crippen molar-refractivity contribution in [1.29, 1.82) is 0 Å². The van der Waals surface area contributed by atoms with Gasteiger partial charge in [0.2, 0.25) is 11.7 Å². The molecule has 0 bridgehead atoms. The molecule has 1 unspecified atom stereocenters. The smallest absolute Gasteiger partial charge is 0.240 e. The van der Waals surface area contributed by atoms with Crippen molar-refractivity contribution < 1.29 is 9.63 Å². The molecule has 1 aromatic carbocycles. The summed E-state index contributed by atoms with van der Waals surface area (Å²) in [6.07, 6.45) is 0.936. The van der Waals surface area contributed by atoms with Gasteiger partial charge in [0.1, 0.15) is 6.61 Å². The predicted octanol–water partition coefficient (Wildman–Crippen LogP) is 3.08. The first-order valence-electron chi connectivity index (χ1n) is 7.81. The molecule has 2 heterocycles. The van der Waals surface area contributed by atoms with E-state index in [0.717, 1.165) is 23.7 Å². The van der Waals surface area contributed by atoms with Gasteiger partial charge in [0, 0.05) is 12.1 Å². The Balaban J connectivity index is 1.77. The summed E-state index contributed by atoms with van der Waals surface area (Å²) in [5.74, 6) is 1.68. The van der Waals surface area contributed by atoms with Crippen LogP contribution in [0.3, 0.4) is 0 Å². The van der Waals surface area contributed by atoms with Crippen molar-refractivity contribution in [2.75, 3.05) is 0 Å². The van der Waals surface area contributed by atoms with E-state index in [2.05, 4.69) is 27.3 Å². The molecule has 24 heavy (non-hydrogen) atoms. The van der Waals surface area contributed by atoms with Gasteiger partial charge in [-0.15, -0.1) is 10.2 Å². The van der Waals surface area contributed by atoms with E-state index < -0.39 is 0 Å². The number of aliphatic hydroxyl groups is 1. The van der Waals surface area contributed by atoms with E-state index >= 15 is 0 Å². The molecule has 0 saturated carbocycles. The Morgan fingerprint density at radius 1 is 1.25 bits per heavy atom. The number of thioether (sulfide) groups is 1. The van der Waals surface area contributed by atoms with Crippen LogP contribution in [0.2, 0.25) is 0 Å². The molecule has 0 aliphatic heterocycles. The quantitative estimate of drug-likeness (QED) is 0.658. The van der Waals surface area contributed by atoms with E-state index in [9.17, 15) is 5.11 Å². The van der Waals surface area contributed by atoms with Crippen molar-refractivity contribution in [2.45, 2.75) is 43.8 Å². The Kier molecular flexibility index (Phi) is 5.27. The Morgan fingerprint density at radius 2 is 2.04 bits per heavy atom. The first-order chi connectivity index (χ1) is 11.7. The van der Waals surface area contributed by atoms with E-state index in [1.165, 1.54) is 11.8 Å². The summed E-state index contributed by atoms with van der Waals surface area (Å²) in [5, 5.41) is 22.3. The minimum absolute atomic E-state index is 0.0682. The Morgan fingerprint density at radius 3 is 2.75 bits per heavy atom. The van der Waals surface area contributed by atoms with Crippen molar-refractivity contribution in [1.82, 2.24) is 24.9 Å². The Hall–Kier alpha value is -2.19. The highest BCUT2D eigenvalue weighted by molar-refractivity contribution is 7.99. The minimum atomic E-state index is -0.124. The van der Waals surface area contributed by atoms with Crippen LogP contribution >= 0.6 is 11.8 Å². The normalized spacial score (nSPS) is 12.5. The summed E-state index contributed by atoms with van der Waals surface area (Å²) in [4.78, 5) is 4.47. The molecule has 3 aromatic rings. The van der Waals surface area contributed by atoms with Crippen LogP contribution in [-0.2, 0) is 13.2 Å². The van der Waals surface area contributed by atoms with E-state index in [1.54, 1.807) is 0 Å². The van der Waals surface area contributed by atoms with E-state index in [4.69, 9.17) is 4.52 Å². The Labute approximate surface area is 144 Å². The summed E-state index contributed by atoms with van der Waals surface area (Å²) in [6.45, 7) is 4.69. The lowest BCUT2D eigenvalue weighted by molar-refractivity contribution is 0.263. The van der Waals surface area contributed by atoms with Crippen molar-refractivity contribution in [3.05, 3.63) is 42.0 Å². The molecule has 0 radical (unpaired) electrons. The van der Waals surface area contributed by atoms with Crippen LogP contribution in [0.15, 0.2) is 40.0 Å². The molecule has 0 aliphatic carbocycles. The maximum atomic E-state index is 9.37. The number of rotatable bonds is 7. The maximum absolute atomic E-state index is 9.37. The summed E-state index contributed by atoms with van der Waals surface area (Å²) in [7, 11) is 0. The maximum Gasteiger partial charge on any atom is 0.240 e. The zero-order valence-electron chi connectivity index (χ0n) is 13.6. The van der Waals surface area contributed by atoms with Crippen molar-refractivity contribution in [2.24, 2.45) is 0 Å². The highest BCUT2D eigenvalue weighted by Gasteiger charge is 2.20. The monoisotopic (exact) mass is 345 g/mol. The SMILES string of the molecule is CCCn1c(CO)nnc1SC(C)c1nc(-c2ccccc2)no1. The van der Waals surface area contributed by atoms with Crippen LogP contribution in [0.25, 0.3) is 11.4 Å². The van der Waals surface area contributed by atoms with Gasteiger partial charge in [-0.2, -0.15) is 4.98 Å². The molecule has 3 rings (SSSR count). The molecule has 1 N–H and O–H groups in total. The summed E-state index contributed by atoms with van der Waals surface area (Å²) < 4.78 is 7.32. The molecule has 1 atom stereocenters. The lowest BCUT2D eigenvalue weighted by Crippen LogP contribution is -2.05. The molecule has 0 aliphatic rings. The van der Waals surface area contributed by atoms with Crippen LogP contribution in [0.1, 0.15) is 37.2 Å². The molecule has 126 valence electrons. The second-order valence-corrected chi connectivity index (χ2v) is 6.60. The average molecular weight is 345 g/mol. The van der Waals surface area contributed by atoms with Gasteiger partial charge >= 0.3 is 0 Å². The molecule has 0 saturated heterocycles. The number of hydrogen-bond donors (Lipinski definition) is 1. The van der Waals surface area contributed by atoms with Crippen LogP contribution in [0.4, 0.5) is 0 Å². The average Bonchev–Trinajstić information content (AvgIpc) is 3.24. The second-order valence-electron chi connectivity index (χ2n) is 5.29. The van der Waals surface area contributed by atoms with Crippen LogP contribution in [0.5, 0.6) is 0 Å². The topological polar surface area (TPSA) is 89.9 Å². The highest BCUT2D eigenvalue weighted by Crippen LogP contribution is 2.34. The van der Waals surface area contributed by atoms with Crippen molar-refractivity contribution >= 4 is 11.8 Å². The van der Waals surface area contributed by atoms with Crippen LogP contribution in [-0.4, -0.2) is 30.0 Å². The largest absolute Gasteiger partial charge is 0.388 e. The summed E-state index contributed by atoms with van der Waals surface area (Å²) in [6, 6.07) is 9.71. The fourth-order valence-corrected chi connectivity index (χ4v) is 3.21. The zero-order valence-corrected chi connectivity index (χ0v) is 14.4. The molecule has 7 nitrogen and oxygen atoms in total. The number of aromatic nitrogens is 5. The number of benzene rings is 1. The standard InChI is InChI=1S/C16H19N5O2S/c1-3-9-21-13(10-22)18-19-16(21)24-11(2)15-17-14(20-23-15)12-7-5-4-6-8-12/h4-8,11,22H,3,9-10H2,1-2H3. The van der Waals surface area contributed by atoms with Gasteiger partial charge in [-0.25, -0.2) is 0 Å². The third kappa shape index (κ3) is 3.49. The molecule has 2 aromatic heterocycles. The number of aliphatic hydroxyl groups excluding tert-OH is 1. The summed E-state index contributed by atoms with van der Waals surface area (Å²) >= 11 is 1.49. The molecule has 0 fully saturated rings. The van der Waals surface area contributed by atoms with Gasteiger partial charge in [0.15, 0.2) is 11.0 Å². The zero-order chi connectivity index (χ0) is 16.9. The van der Waals surface area contributed by atoms with Gasteiger partial charge < -0.3 is 14.2 Å². The van der Waals surface area contributed by atoms with Crippen molar-refractivity contribution in [3.8, 4) is 11.4 Å². The lowest BCUT2D eigenvalue weighted by Gasteiger charge is -2.09. The lowest BCUT2D eigenvalue weighted by atomic mass is 10.2. The summed E-state index contributed by atoms with van der Waals surface area (Å²) in [5.41, 5.74) is 0.918. The molecule has 0 amide bonds. The third-order valence-electron chi connectivity index (χ3n) is 3.49.